The van der Waals surface area contributed by atoms with Gasteiger partial charge in [-0.1, -0.05) is 34.8 Å². The summed E-state index contributed by atoms with van der Waals surface area (Å²) in [6.07, 6.45) is 2.07. The molecule has 3 nitrogen and oxygen atoms in total. The van der Waals surface area contributed by atoms with Crippen molar-refractivity contribution in [3.63, 3.8) is 0 Å². The predicted molar refractivity (Wildman–Crippen MR) is 92.2 cm³/mol. The molecule has 122 valence electrons. The van der Waals surface area contributed by atoms with Crippen LogP contribution in [-0.4, -0.2) is 44.3 Å². The molecule has 0 aromatic heterocycles. The Morgan fingerprint density at radius 2 is 1.68 bits per heavy atom. The van der Waals surface area contributed by atoms with Gasteiger partial charge < -0.3 is 10.1 Å². The molecule has 2 aliphatic heterocycles. The zero-order chi connectivity index (χ0) is 15.5. The van der Waals surface area contributed by atoms with Crippen molar-refractivity contribution in [2.75, 3.05) is 39.4 Å². The molecule has 0 spiro atoms. The van der Waals surface area contributed by atoms with E-state index < -0.39 is 0 Å². The van der Waals surface area contributed by atoms with Gasteiger partial charge >= 0.3 is 0 Å². The predicted octanol–water partition coefficient (Wildman–Crippen LogP) is 4.02. The number of ether oxygens (including phenoxy) is 1. The fourth-order valence-corrected chi connectivity index (χ4v) is 4.28. The molecule has 2 fully saturated rings. The van der Waals surface area contributed by atoms with E-state index in [0.717, 1.165) is 57.8 Å². The van der Waals surface area contributed by atoms with E-state index in [2.05, 4.69) is 10.2 Å². The largest absolute Gasteiger partial charge is 0.381 e. The van der Waals surface area contributed by atoms with Crippen molar-refractivity contribution >= 4 is 34.8 Å². The van der Waals surface area contributed by atoms with Crippen LogP contribution in [0.25, 0.3) is 0 Å². The Hall–Kier alpha value is -0.0300. The molecule has 2 heterocycles. The zero-order valence-electron chi connectivity index (χ0n) is 12.5. The third-order valence-electron chi connectivity index (χ3n) is 4.63. The number of halogens is 3. The monoisotopic (exact) mass is 362 g/mol. The van der Waals surface area contributed by atoms with E-state index in [0.29, 0.717) is 21.0 Å². The van der Waals surface area contributed by atoms with Crippen LogP contribution >= 0.6 is 34.8 Å². The molecule has 1 N–H and O–H groups in total. The second-order valence-electron chi connectivity index (χ2n) is 5.94. The van der Waals surface area contributed by atoms with Crippen LogP contribution in [0.2, 0.25) is 15.1 Å². The Morgan fingerprint density at radius 3 is 2.36 bits per heavy atom. The molecule has 1 aromatic carbocycles. The van der Waals surface area contributed by atoms with Gasteiger partial charge in [-0.05, 0) is 30.9 Å². The molecule has 0 aliphatic carbocycles. The number of piperazine rings is 1. The van der Waals surface area contributed by atoms with Crippen molar-refractivity contribution in [2.24, 2.45) is 5.92 Å². The van der Waals surface area contributed by atoms with Crippen LogP contribution < -0.4 is 5.32 Å². The van der Waals surface area contributed by atoms with Crippen LogP contribution in [0.1, 0.15) is 24.4 Å². The van der Waals surface area contributed by atoms with Gasteiger partial charge in [-0.15, -0.1) is 0 Å². The minimum Gasteiger partial charge on any atom is -0.381 e. The lowest BCUT2D eigenvalue weighted by Gasteiger charge is -2.41. The summed E-state index contributed by atoms with van der Waals surface area (Å²) in [5, 5.41) is 5.30. The number of nitrogens with zero attached hydrogens (tertiary/aromatic N) is 1. The average Bonchev–Trinajstić information content (AvgIpc) is 2.57. The first-order chi connectivity index (χ1) is 10.7. The minimum atomic E-state index is 0.213. The molecular weight excluding hydrogens is 343 g/mol. The summed E-state index contributed by atoms with van der Waals surface area (Å²) in [6.45, 7) is 5.61. The Labute approximate surface area is 146 Å². The molecule has 0 bridgehead atoms. The standard InChI is InChI=1S/C16H21Cl3N2O/c17-12-1-2-13(18)15(19)14(12)16(11-3-9-22-10-4-11)21-7-5-20-6-8-21/h1-2,11,16,20H,3-10H2/t16-/m1/s1. The van der Waals surface area contributed by atoms with Crippen LogP contribution in [-0.2, 0) is 4.74 Å². The summed E-state index contributed by atoms with van der Waals surface area (Å²) < 4.78 is 5.53. The second-order valence-corrected chi connectivity index (χ2v) is 7.13. The van der Waals surface area contributed by atoms with Crippen molar-refractivity contribution in [3.05, 3.63) is 32.8 Å². The first-order valence-corrected chi connectivity index (χ1v) is 8.98. The van der Waals surface area contributed by atoms with Crippen molar-refractivity contribution in [2.45, 2.75) is 18.9 Å². The topological polar surface area (TPSA) is 24.5 Å². The summed E-state index contributed by atoms with van der Waals surface area (Å²) >= 11 is 19.3. The van der Waals surface area contributed by atoms with Crippen LogP contribution in [0.5, 0.6) is 0 Å². The highest BCUT2D eigenvalue weighted by atomic mass is 35.5. The molecule has 3 rings (SSSR count). The van der Waals surface area contributed by atoms with Crippen LogP contribution in [0.15, 0.2) is 12.1 Å². The van der Waals surface area contributed by atoms with Crippen molar-refractivity contribution in [3.8, 4) is 0 Å². The Kier molecular flexibility index (Phi) is 5.88. The van der Waals surface area contributed by atoms with Gasteiger partial charge in [-0.25, -0.2) is 0 Å². The third-order valence-corrected chi connectivity index (χ3v) is 5.78. The molecule has 0 radical (unpaired) electrons. The highest BCUT2D eigenvalue weighted by Gasteiger charge is 2.34. The van der Waals surface area contributed by atoms with Gasteiger partial charge in [-0.3, -0.25) is 4.90 Å². The molecule has 1 aromatic rings. The fourth-order valence-electron chi connectivity index (χ4n) is 3.52. The van der Waals surface area contributed by atoms with Gasteiger partial charge in [0.1, 0.15) is 0 Å². The van der Waals surface area contributed by atoms with E-state index in [4.69, 9.17) is 39.5 Å². The van der Waals surface area contributed by atoms with Crippen molar-refractivity contribution in [1.82, 2.24) is 10.2 Å². The van der Waals surface area contributed by atoms with E-state index >= 15 is 0 Å². The number of hydrogen-bond acceptors (Lipinski definition) is 3. The van der Waals surface area contributed by atoms with Gasteiger partial charge in [0.05, 0.1) is 10.0 Å². The van der Waals surface area contributed by atoms with Crippen molar-refractivity contribution in [1.29, 1.82) is 0 Å². The van der Waals surface area contributed by atoms with E-state index in [1.54, 1.807) is 6.07 Å². The van der Waals surface area contributed by atoms with Gasteiger partial charge in [0.25, 0.3) is 0 Å². The Bertz CT molecular complexity index is 496. The lowest BCUT2D eigenvalue weighted by molar-refractivity contribution is 0.0213. The average molecular weight is 364 g/mol. The normalized spacial score (nSPS) is 22.7. The van der Waals surface area contributed by atoms with E-state index in [9.17, 15) is 0 Å². The molecule has 0 saturated carbocycles. The molecule has 0 amide bonds. The Balaban J connectivity index is 1.98. The van der Waals surface area contributed by atoms with E-state index in [1.807, 2.05) is 6.07 Å². The van der Waals surface area contributed by atoms with Crippen LogP contribution in [0, 0.1) is 5.92 Å². The van der Waals surface area contributed by atoms with Crippen LogP contribution in [0.3, 0.4) is 0 Å². The Morgan fingerprint density at radius 1 is 1.05 bits per heavy atom. The van der Waals surface area contributed by atoms with E-state index in [-0.39, 0.29) is 6.04 Å². The highest BCUT2D eigenvalue weighted by Crippen LogP contribution is 2.44. The summed E-state index contributed by atoms with van der Waals surface area (Å²) in [7, 11) is 0. The number of rotatable bonds is 3. The molecule has 1 atom stereocenters. The second kappa shape index (κ2) is 7.69. The third kappa shape index (κ3) is 3.55. The number of hydrogen-bond donors (Lipinski definition) is 1. The first kappa shape index (κ1) is 16.8. The number of benzene rings is 1. The van der Waals surface area contributed by atoms with Crippen LogP contribution in [0.4, 0.5) is 0 Å². The maximum atomic E-state index is 6.54. The first-order valence-electron chi connectivity index (χ1n) is 7.84. The fraction of sp³-hybridized carbons (Fsp3) is 0.625. The van der Waals surface area contributed by atoms with Gasteiger partial charge in [0, 0.05) is 56.0 Å². The van der Waals surface area contributed by atoms with Gasteiger partial charge in [0.15, 0.2) is 0 Å². The molecule has 0 unspecified atom stereocenters. The van der Waals surface area contributed by atoms with Gasteiger partial charge in [0.2, 0.25) is 0 Å². The summed E-state index contributed by atoms with van der Waals surface area (Å²) in [5.74, 6) is 0.500. The summed E-state index contributed by atoms with van der Waals surface area (Å²) in [5.41, 5.74) is 0.990. The maximum Gasteiger partial charge on any atom is 0.0655 e. The molecular formula is C16H21Cl3N2O. The minimum absolute atomic E-state index is 0.213. The lowest BCUT2D eigenvalue weighted by atomic mass is 9.85. The molecule has 2 saturated heterocycles. The summed E-state index contributed by atoms with van der Waals surface area (Å²) in [4.78, 5) is 2.50. The lowest BCUT2D eigenvalue weighted by Crippen LogP contribution is -2.47. The van der Waals surface area contributed by atoms with Crippen molar-refractivity contribution < 1.29 is 4.74 Å². The number of nitrogens with one attached hydrogen (secondary N) is 1. The summed E-state index contributed by atoms with van der Waals surface area (Å²) in [6, 6.07) is 3.85. The highest BCUT2D eigenvalue weighted by molar-refractivity contribution is 6.44. The van der Waals surface area contributed by atoms with Gasteiger partial charge in [-0.2, -0.15) is 0 Å². The maximum absolute atomic E-state index is 6.54. The molecule has 2 aliphatic rings. The molecule has 22 heavy (non-hydrogen) atoms. The zero-order valence-corrected chi connectivity index (χ0v) is 14.7. The quantitative estimate of drug-likeness (QED) is 0.821. The smallest absolute Gasteiger partial charge is 0.0655 e. The van der Waals surface area contributed by atoms with E-state index in [1.165, 1.54) is 0 Å². The molecule has 6 heteroatoms. The SMILES string of the molecule is Clc1ccc(Cl)c([C@@H](C2CCOCC2)N2CCNCC2)c1Cl.